The zero-order valence-corrected chi connectivity index (χ0v) is 17.7. The molecule has 0 heterocycles. The fourth-order valence-corrected chi connectivity index (χ4v) is 3.70. The topological polar surface area (TPSA) is 93.7 Å². The molecule has 0 saturated heterocycles. The molecule has 152 valence electrons. The minimum Gasteiger partial charge on any atom is -0.493 e. The van der Waals surface area contributed by atoms with Crippen molar-refractivity contribution in [3.05, 3.63) is 53.1 Å². The van der Waals surface area contributed by atoms with Crippen LogP contribution in [0.3, 0.4) is 0 Å². The first kappa shape index (κ1) is 21.7. The smallest absolute Gasteiger partial charge is 0.266 e. The highest BCUT2D eigenvalue weighted by Crippen LogP contribution is 2.32. The summed E-state index contributed by atoms with van der Waals surface area (Å²) in [5.74, 6) is 0.140. The van der Waals surface area contributed by atoms with Gasteiger partial charge in [0.15, 0.2) is 11.5 Å². The van der Waals surface area contributed by atoms with Gasteiger partial charge in [0.25, 0.3) is 15.9 Å². The minimum absolute atomic E-state index is 0.0199. The lowest BCUT2D eigenvalue weighted by Crippen LogP contribution is -2.41. The molecule has 0 radical (unpaired) electrons. The van der Waals surface area contributed by atoms with Gasteiger partial charge in [-0.05, 0) is 41.7 Å². The summed E-state index contributed by atoms with van der Waals surface area (Å²) in [6.07, 6.45) is 0. The molecule has 0 aliphatic carbocycles. The number of nitrogens with one attached hydrogen (secondary N) is 2. The van der Waals surface area contributed by atoms with Gasteiger partial charge in [-0.1, -0.05) is 32.9 Å². The van der Waals surface area contributed by atoms with E-state index in [-0.39, 0.29) is 16.1 Å². The SMILES string of the molecule is COc1cc(C)c(S(=O)(=O)NNC(=O)c2ccc(C(C)(C)C)cc2)cc1OC. The van der Waals surface area contributed by atoms with Crippen LogP contribution in [0.1, 0.15) is 42.3 Å². The molecule has 2 aromatic rings. The summed E-state index contributed by atoms with van der Waals surface area (Å²) in [7, 11) is -1.12. The minimum atomic E-state index is -4.00. The summed E-state index contributed by atoms with van der Waals surface area (Å²) in [6, 6.07) is 9.92. The first-order valence-electron chi connectivity index (χ1n) is 8.65. The van der Waals surface area contributed by atoms with E-state index in [1.165, 1.54) is 20.3 Å². The van der Waals surface area contributed by atoms with Gasteiger partial charge < -0.3 is 9.47 Å². The molecular weight excluding hydrogens is 380 g/mol. The van der Waals surface area contributed by atoms with Gasteiger partial charge in [0.05, 0.1) is 19.1 Å². The van der Waals surface area contributed by atoms with E-state index < -0.39 is 15.9 Å². The number of hydrogen-bond acceptors (Lipinski definition) is 5. The van der Waals surface area contributed by atoms with E-state index >= 15 is 0 Å². The first-order chi connectivity index (χ1) is 13.0. The molecule has 0 spiro atoms. The molecule has 0 fully saturated rings. The first-order valence-corrected chi connectivity index (χ1v) is 10.1. The number of carbonyl (C=O) groups is 1. The summed E-state index contributed by atoms with van der Waals surface area (Å²) in [4.78, 5) is 14.4. The second-order valence-electron chi connectivity index (χ2n) is 7.36. The molecule has 2 rings (SSSR count). The molecule has 2 N–H and O–H groups in total. The summed E-state index contributed by atoms with van der Waals surface area (Å²) in [5.41, 5.74) is 4.07. The number of sulfonamides is 1. The van der Waals surface area contributed by atoms with Crippen molar-refractivity contribution in [3.63, 3.8) is 0 Å². The molecule has 0 bridgehead atoms. The lowest BCUT2D eigenvalue weighted by atomic mass is 9.87. The fraction of sp³-hybridized carbons (Fsp3) is 0.350. The number of hydrazine groups is 1. The lowest BCUT2D eigenvalue weighted by molar-refractivity contribution is 0.0945. The maximum absolute atomic E-state index is 12.6. The van der Waals surface area contributed by atoms with Gasteiger partial charge >= 0.3 is 0 Å². The second kappa shape index (κ2) is 8.20. The Hall–Kier alpha value is -2.58. The largest absolute Gasteiger partial charge is 0.493 e. The number of benzene rings is 2. The summed E-state index contributed by atoms with van der Waals surface area (Å²) in [6.45, 7) is 7.84. The van der Waals surface area contributed by atoms with E-state index in [1.807, 2.05) is 12.1 Å². The standard InChI is InChI=1S/C20H26N2O5S/c1-13-11-16(26-5)17(27-6)12-18(13)28(24,25)22-21-19(23)14-7-9-15(10-8-14)20(2,3)4/h7-12,22H,1-6H3,(H,21,23). The van der Waals surface area contributed by atoms with Crippen LogP contribution in [0.25, 0.3) is 0 Å². The molecule has 0 aliphatic rings. The number of aryl methyl sites for hydroxylation is 1. The molecule has 0 aliphatic heterocycles. The average Bonchev–Trinajstić information content (AvgIpc) is 2.65. The van der Waals surface area contributed by atoms with Crippen LogP contribution in [-0.2, 0) is 15.4 Å². The van der Waals surface area contributed by atoms with Crippen molar-refractivity contribution in [1.29, 1.82) is 0 Å². The van der Waals surface area contributed by atoms with Crippen molar-refractivity contribution < 1.29 is 22.7 Å². The Morgan fingerprint density at radius 2 is 1.50 bits per heavy atom. The van der Waals surface area contributed by atoms with Gasteiger partial charge in [-0.3, -0.25) is 10.2 Å². The lowest BCUT2D eigenvalue weighted by Gasteiger charge is -2.19. The molecule has 0 atom stereocenters. The average molecular weight is 407 g/mol. The zero-order chi connectivity index (χ0) is 21.1. The number of carbonyl (C=O) groups excluding carboxylic acids is 1. The van der Waals surface area contributed by atoms with E-state index in [2.05, 4.69) is 31.0 Å². The van der Waals surface area contributed by atoms with E-state index in [4.69, 9.17) is 9.47 Å². The summed E-state index contributed by atoms with van der Waals surface area (Å²) < 4.78 is 35.6. The molecule has 2 aromatic carbocycles. The highest BCUT2D eigenvalue weighted by molar-refractivity contribution is 7.89. The van der Waals surface area contributed by atoms with Gasteiger partial charge in [-0.15, -0.1) is 4.83 Å². The highest BCUT2D eigenvalue weighted by atomic mass is 32.2. The Labute approximate surface area is 166 Å². The van der Waals surface area contributed by atoms with Crippen LogP contribution in [0.4, 0.5) is 0 Å². The van der Waals surface area contributed by atoms with Crippen LogP contribution < -0.4 is 19.7 Å². The van der Waals surface area contributed by atoms with Crippen molar-refractivity contribution >= 4 is 15.9 Å². The second-order valence-corrected chi connectivity index (χ2v) is 9.01. The van der Waals surface area contributed by atoms with Crippen molar-refractivity contribution in [2.75, 3.05) is 14.2 Å². The number of hydrogen-bond donors (Lipinski definition) is 2. The molecule has 0 saturated carbocycles. The van der Waals surface area contributed by atoms with Crippen LogP contribution in [-0.4, -0.2) is 28.5 Å². The predicted octanol–water partition coefficient (Wildman–Crippen LogP) is 2.93. The summed E-state index contributed by atoms with van der Waals surface area (Å²) in [5, 5.41) is 0. The van der Waals surface area contributed by atoms with Gasteiger partial charge in [-0.25, -0.2) is 8.42 Å². The Morgan fingerprint density at radius 3 is 2.00 bits per heavy atom. The Bertz CT molecular complexity index is 961. The highest BCUT2D eigenvalue weighted by Gasteiger charge is 2.21. The zero-order valence-electron chi connectivity index (χ0n) is 16.9. The van der Waals surface area contributed by atoms with E-state index in [9.17, 15) is 13.2 Å². The van der Waals surface area contributed by atoms with Gasteiger partial charge in [0.2, 0.25) is 0 Å². The van der Waals surface area contributed by atoms with Crippen molar-refractivity contribution in [3.8, 4) is 11.5 Å². The Kier molecular flexibility index (Phi) is 6.36. The van der Waals surface area contributed by atoms with Crippen molar-refractivity contribution in [2.45, 2.75) is 38.0 Å². The maximum Gasteiger partial charge on any atom is 0.266 e. The van der Waals surface area contributed by atoms with Crippen LogP contribution in [0.5, 0.6) is 11.5 Å². The third-order valence-corrected chi connectivity index (χ3v) is 5.67. The number of rotatable bonds is 6. The number of amides is 1. The van der Waals surface area contributed by atoms with Gasteiger partial charge in [0.1, 0.15) is 0 Å². The van der Waals surface area contributed by atoms with Crippen LogP contribution in [0, 0.1) is 6.92 Å². The fourth-order valence-electron chi connectivity index (χ4n) is 2.61. The maximum atomic E-state index is 12.6. The Morgan fingerprint density at radius 1 is 0.964 bits per heavy atom. The van der Waals surface area contributed by atoms with Crippen LogP contribution >= 0.6 is 0 Å². The monoisotopic (exact) mass is 406 g/mol. The quantitative estimate of drug-likeness (QED) is 0.720. The van der Waals surface area contributed by atoms with E-state index in [1.54, 1.807) is 25.1 Å². The molecule has 1 amide bonds. The number of ether oxygens (including phenoxy) is 2. The van der Waals surface area contributed by atoms with Crippen LogP contribution in [0.15, 0.2) is 41.3 Å². The number of methoxy groups -OCH3 is 2. The Balaban J connectivity index is 2.18. The summed E-state index contributed by atoms with van der Waals surface area (Å²) >= 11 is 0. The molecule has 0 aromatic heterocycles. The molecule has 8 heteroatoms. The van der Waals surface area contributed by atoms with E-state index in [0.717, 1.165) is 5.56 Å². The van der Waals surface area contributed by atoms with Crippen molar-refractivity contribution in [2.24, 2.45) is 0 Å². The molecular formula is C20H26N2O5S. The molecule has 28 heavy (non-hydrogen) atoms. The molecule has 7 nitrogen and oxygen atoms in total. The van der Waals surface area contributed by atoms with Gasteiger partial charge in [-0.2, -0.15) is 0 Å². The third-order valence-electron chi connectivity index (χ3n) is 4.28. The van der Waals surface area contributed by atoms with E-state index in [0.29, 0.717) is 16.9 Å². The molecule has 0 unspecified atom stereocenters. The predicted molar refractivity (Wildman–Crippen MR) is 107 cm³/mol. The van der Waals surface area contributed by atoms with Gasteiger partial charge in [0, 0.05) is 11.6 Å². The third kappa shape index (κ3) is 4.82. The normalized spacial score (nSPS) is 11.8. The van der Waals surface area contributed by atoms with Crippen LogP contribution in [0.2, 0.25) is 0 Å². The van der Waals surface area contributed by atoms with Crippen molar-refractivity contribution in [1.82, 2.24) is 10.3 Å².